The quantitative estimate of drug-likeness (QED) is 0.00658. The first-order chi connectivity index (χ1) is 40.3. The van der Waals surface area contributed by atoms with Gasteiger partial charge in [-0.3, -0.25) is 9.98 Å². The van der Waals surface area contributed by atoms with E-state index in [1.807, 2.05) is 114 Å². The van der Waals surface area contributed by atoms with E-state index in [9.17, 15) is 66.1 Å². The average molecular weight is 1200 g/mol. The summed E-state index contributed by atoms with van der Waals surface area (Å²) < 4.78 is 5.53. The fourth-order valence-electron chi connectivity index (χ4n) is 8.94. The van der Waals surface area contributed by atoms with Crippen LogP contribution >= 0.6 is 0 Å². The number of aliphatic hydroxyl groups excluding tert-OH is 12. The van der Waals surface area contributed by atoms with Crippen LogP contribution in [0.15, 0.2) is 155 Å². The lowest BCUT2D eigenvalue weighted by Gasteiger charge is -2.25. The Morgan fingerprint density at radius 2 is 1.11 bits per heavy atom. The predicted octanol–water partition coefficient (Wildman–Crippen LogP) is 5.73. The van der Waals surface area contributed by atoms with Gasteiger partial charge in [-0.2, -0.15) is 0 Å². The molecule has 1 aliphatic heterocycles. The van der Waals surface area contributed by atoms with Gasteiger partial charge in [0.25, 0.3) is 0 Å². The highest BCUT2D eigenvalue weighted by atomic mass is 16.6. The zero-order valence-electron chi connectivity index (χ0n) is 51.0. The van der Waals surface area contributed by atoms with Crippen molar-refractivity contribution in [1.82, 2.24) is 0 Å². The lowest BCUT2D eigenvalue weighted by molar-refractivity contribution is -0.132. The minimum absolute atomic E-state index is 0.00127. The molecule has 0 aromatic heterocycles. The summed E-state index contributed by atoms with van der Waals surface area (Å²) in [5.41, 5.74) is 11.5. The Labute approximate surface area is 505 Å². The van der Waals surface area contributed by atoms with Crippen LogP contribution in [0.4, 0.5) is 0 Å². The van der Waals surface area contributed by atoms with Gasteiger partial charge in [-0.25, -0.2) is 4.79 Å². The van der Waals surface area contributed by atoms with Gasteiger partial charge in [0, 0.05) is 73.7 Å². The summed E-state index contributed by atoms with van der Waals surface area (Å²) in [6.45, 7) is 11.3. The van der Waals surface area contributed by atoms with E-state index in [4.69, 9.17) is 21.3 Å². The maximum absolute atomic E-state index is 11.0. The molecule has 19 nitrogen and oxygen atoms in total. The van der Waals surface area contributed by atoms with Gasteiger partial charge in [-0.15, -0.1) is 0 Å². The van der Waals surface area contributed by atoms with E-state index in [-0.39, 0.29) is 93.1 Å². The number of hydrogen-bond donors (Lipinski definition) is 15. The summed E-state index contributed by atoms with van der Waals surface area (Å²) >= 11 is 0. The predicted molar refractivity (Wildman–Crippen MR) is 338 cm³/mol. The fourth-order valence-corrected chi connectivity index (χ4v) is 8.94. The van der Waals surface area contributed by atoms with Crippen LogP contribution in [0.1, 0.15) is 131 Å². The van der Waals surface area contributed by atoms with Crippen molar-refractivity contribution in [1.29, 1.82) is 0 Å². The molecule has 17 unspecified atom stereocenters. The second-order valence-corrected chi connectivity index (χ2v) is 22.5. The molecule has 1 saturated heterocycles. The number of aliphatic imine (C=N–C) groups is 2. The van der Waals surface area contributed by atoms with Crippen molar-refractivity contribution in [3.8, 4) is 0 Å². The molecule has 0 spiro atoms. The molecular weight excluding hydrogens is 1090 g/mol. The highest BCUT2D eigenvalue weighted by Crippen LogP contribution is 2.33. The second-order valence-electron chi connectivity index (χ2n) is 22.5. The van der Waals surface area contributed by atoms with E-state index in [1.165, 1.54) is 25.2 Å². The first kappa shape index (κ1) is 77.8. The van der Waals surface area contributed by atoms with Gasteiger partial charge in [0.2, 0.25) is 0 Å². The molecule has 0 aromatic carbocycles. The molecule has 1 fully saturated rings. The van der Waals surface area contributed by atoms with Crippen molar-refractivity contribution in [2.45, 2.75) is 223 Å². The third kappa shape index (κ3) is 40.0. The molecule has 85 heavy (non-hydrogen) atoms. The van der Waals surface area contributed by atoms with Crippen molar-refractivity contribution >= 4 is 17.6 Å². The van der Waals surface area contributed by atoms with Crippen molar-refractivity contribution < 1.29 is 75.9 Å². The normalized spacial score (nSPS) is 21.4. The molecule has 480 valence electrons. The molecule has 0 saturated carbocycles. The Balaban J connectivity index is 2.43. The van der Waals surface area contributed by atoms with Crippen LogP contribution in [0.2, 0.25) is 0 Å². The molecule has 17 N–H and O–H groups in total. The topological polar surface area (TPSA) is 369 Å². The van der Waals surface area contributed by atoms with Gasteiger partial charge in [-0.1, -0.05) is 161 Å². The van der Waals surface area contributed by atoms with Crippen LogP contribution in [0, 0.1) is 17.8 Å². The maximum atomic E-state index is 11.0. The van der Waals surface area contributed by atoms with Crippen LogP contribution in [0.5, 0.6) is 0 Å². The molecule has 19 heteroatoms. The number of aliphatic hydroxyl groups is 12. The highest BCUT2D eigenvalue weighted by molar-refractivity contribution is 5.87. The zero-order valence-corrected chi connectivity index (χ0v) is 51.0. The van der Waals surface area contributed by atoms with E-state index in [2.05, 4.69) is 9.98 Å². The van der Waals surface area contributed by atoms with Crippen molar-refractivity contribution in [3.63, 3.8) is 0 Å². The van der Waals surface area contributed by atoms with Gasteiger partial charge >= 0.3 is 5.97 Å². The van der Waals surface area contributed by atoms with Crippen LogP contribution in [0.25, 0.3) is 0 Å². The first-order valence-corrected chi connectivity index (χ1v) is 30.0. The SMILES string of the molecule is C\C(=C/C=C/C=C/CC/C=C/C(C)C(O)C(C)C(O)/C=C/C=C/C=C/C=C/C=C/C=C/CC(O)C(C)C(CC(O)CC(O)/C=C/CC(O)CC(O)CC(O)C1OC1CC(O)CC(O)/C=C/CC(O)CC(O)CCCN=C(N)N)=NC(C)C)C(=O)O. The smallest absolute Gasteiger partial charge is 0.331 e. The minimum atomic E-state index is -1.06. The first-order valence-electron chi connectivity index (χ1n) is 30.0. The number of hydrogen-bond acceptors (Lipinski definition) is 16. The number of rotatable bonds is 46. The summed E-state index contributed by atoms with van der Waals surface area (Å²) in [5, 5.41) is 136. The van der Waals surface area contributed by atoms with Crippen LogP contribution in [0.3, 0.4) is 0 Å². The third-order valence-corrected chi connectivity index (χ3v) is 14.0. The number of ether oxygens (including phenoxy) is 1. The van der Waals surface area contributed by atoms with Gasteiger partial charge < -0.3 is 82.6 Å². The molecule has 0 radical (unpaired) electrons. The number of carboxylic acid groups (broad SMARTS) is 1. The zero-order chi connectivity index (χ0) is 63.7. The molecule has 1 aliphatic rings. The number of unbranched alkanes of at least 4 members (excludes halogenated alkanes) is 1. The Morgan fingerprint density at radius 3 is 1.69 bits per heavy atom. The summed E-state index contributed by atoms with van der Waals surface area (Å²) in [4.78, 5) is 19.3. The van der Waals surface area contributed by atoms with E-state index >= 15 is 0 Å². The summed E-state index contributed by atoms with van der Waals surface area (Å²) in [6, 6.07) is -0.0898. The fraction of sp³-hybridized carbons (Fsp3) is 0.591. The number of nitrogens with two attached hydrogens (primary N) is 2. The number of carbonyl (C=O) groups is 1. The molecular formula is C66H106N4O15. The molecule has 1 rings (SSSR count). The van der Waals surface area contributed by atoms with Gasteiger partial charge in [0.1, 0.15) is 6.10 Å². The van der Waals surface area contributed by atoms with Gasteiger partial charge in [0.15, 0.2) is 5.96 Å². The van der Waals surface area contributed by atoms with E-state index in [1.54, 1.807) is 42.5 Å². The number of nitrogens with zero attached hydrogens (tertiary/aromatic N) is 2. The van der Waals surface area contributed by atoms with Crippen LogP contribution in [-0.4, -0.2) is 182 Å². The van der Waals surface area contributed by atoms with E-state index in [0.717, 1.165) is 12.8 Å². The highest BCUT2D eigenvalue weighted by Gasteiger charge is 2.45. The number of carboxylic acids is 1. The molecule has 17 atom stereocenters. The molecule has 0 amide bonds. The Hall–Kier alpha value is -5.23. The number of aliphatic carboxylic acids is 1. The lowest BCUT2D eigenvalue weighted by atomic mass is 9.88. The number of allylic oxidation sites excluding steroid dienone is 16. The lowest BCUT2D eigenvalue weighted by Crippen LogP contribution is -2.32. The van der Waals surface area contributed by atoms with Gasteiger partial charge in [0.05, 0.1) is 79.4 Å². The summed E-state index contributed by atoms with van der Waals surface area (Å²) in [7, 11) is 0. The van der Waals surface area contributed by atoms with Crippen LogP contribution < -0.4 is 11.5 Å². The monoisotopic (exact) mass is 1190 g/mol. The molecule has 0 bridgehead atoms. The third-order valence-electron chi connectivity index (χ3n) is 14.0. The summed E-state index contributed by atoms with van der Waals surface area (Å²) in [6.07, 6.45) is 32.2. The molecule has 0 aliphatic carbocycles. The number of guanidine groups is 1. The minimum Gasteiger partial charge on any atom is -0.478 e. The number of epoxide rings is 1. The van der Waals surface area contributed by atoms with Gasteiger partial charge in [-0.05, 0) is 78.6 Å². The van der Waals surface area contributed by atoms with E-state index in [0.29, 0.717) is 31.5 Å². The standard InChI is InChI=1S/C66H106N4O15/c1-45(2)70-58(48(5)59(79)35-23-19-15-10-8-7-9-11-16-20-24-36-60(80)49(6)63(82)46(3)28-21-17-13-12-14-18-22-29-47(4)65(83)84)42-55(76)39-51(72)31-26-32-52(73)40-56(77)43-61(81)64-62(85-64)44-57(78)41-53(74)33-25-30-50(71)38-54(75)34-27-37-69-66(67)68/h7-12,14-16,18-26,28-29,31,33,36,45-46,48-57,59-64,71-82H,13,17,27,30,32,34-35,37-44H2,1-6H3,(H,83,84)(H4,67,68,69)/b8-7+,11-9+,14-12+,15-10+,20-16+,22-18+,23-19+,28-21+,31-26+,33-25+,36-24+,47-29+,70-58?. The van der Waals surface area contributed by atoms with Crippen molar-refractivity contribution in [2.24, 2.45) is 39.2 Å². The van der Waals surface area contributed by atoms with Crippen molar-refractivity contribution in [3.05, 3.63) is 145 Å². The Morgan fingerprint density at radius 1 is 0.565 bits per heavy atom. The second kappa shape index (κ2) is 46.0. The molecule has 1 heterocycles. The maximum Gasteiger partial charge on any atom is 0.331 e. The Kier molecular flexibility index (Phi) is 42.1. The molecule has 0 aromatic rings. The Bertz CT molecular complexity index is 2260. The summed E-state index contributed by atoms with van der Waals surface area (Å²) in [5.74, 6) is -1.87. The average Bonchev–Trinajstić information content (AvgIpc) is 3.67. The van der Waals surface area contributed by atoms with Crippen LogP contribution in [-0.2, 0) is 9.53 Å². The van der Waals surface area contributed by atoms with E-state index < -0.39 is 91.4 Å². The largest absolute Gasteiger partial charge is 0.478 e. The van der Waals surface area contributed by atoms with Crippen molar-refractivity contribution in [2.75, 3.05) is 6.54 Å².